The number of rotatable bonds is 9. The maximum Gasteiger partial charge on any atom is 0.220 e. The first-order valence-corrected chi connectivity index (χ1v) is 9.46. The highest BCUT2D eigenvalue weighted by Crippen LogP contribution is 2.20. The number of carbonyl (C=O) groups excluding carboxylic acids is 1. The zero-order chi connectivity index (χ0) is 18.9. The molecule has 2 heterocycles. The van der Waals surface area contributed by atoms with Gasteiger partial charge in [0.05, 0.1) is 19.0 Å². The van der Waals surface area contributed by atoms with E-state index in [1.165, 1.54) is 12.8 Å². The van der Waals surface area contributed by atoms with Gasteiger partial charge in [-0.2, -0.15) is 5.10 Å². The van der Waals surface area contributed by atoms with Gasteiger partial charge in [-0.3, -0.25) is 4.79 Å². The van der Waals surface area contributed by atoms with Crippen LogP contribution in [-0.2, 0) is 11.2 Å². The van der Waals surface area contributed by atoms with Crippen molar-refractivity contribution in [2.24, 2.45) is 0 Å². The Labute approximate surface area is 160 Å². The molecule has 0 bridgehead atoms. The largest absolute Gasteiger partial charge is 0.497 e. The van der Waals surface area contributed by atoms with Crippen LogP contribution in [0, 0.1) is 0 Å². The van der Waals surface area contributed by atoms with Crippen molar-refractivity contribution in [3.05, 3.63) is 42.1 Å². The number of aromatic nitrogens is 2. The molecule has 0 unspecified atom stereocenters. The lowest BCUT2D eigenvalue weighted by atomic mass is 10.1. The van der Waals surface area contributed by atoms with E-state index in [1.54, 1.807) is 13.3 Å². The number of nitrogens with one attached hydrogen (secondary N) is 2. The van der Waals surface area contributed by atoms with E-state index in [1.807, 2.05) is 30.3 Å². The number of nitrogens with zero attached hydrogens (tertiary/aromatic N) is 3. The van der Waals surface area contributed by atoms with E-state index in [0.29, 0.717) is 25.9 Å². The van der Waals surface area contributed by atoms with Gasteiger partial charge >= 0.3 is 0 Å². The van der Waals surface area contributed by atoms with Crippen LogP contribution in [0.3, 0.4) is 0 Å². The molecule has 2 N–H and O–H groups in total. The van der Waals surface area contributed by atoms with Gasteiger partial charge in [-0.05, 0) is 37.0 Å². The molecule has 1 aliphatic heterocycles. The molecule has 7 heteroatoms. The summed E-state index contributed by atoms with van der Waals surface area (Å²) in [6, 6.07) is 9.81. The van der Waals surface area contributed by atoms with Crippen molar-refractivity contribution in [2.45, 2.75) is 25.7 Å². The third-order valence-corrected chi connectivity index (χ3v) is 4.66. The third kappa shape index (κ3) is 5.84. The van der Waals surface area contributed by atoms with Crippen molar-refractivity contribution in [3.8, 4) is 5.75 Å². The van der Waals surface area contributed by atoms with Gasteiger partial charge < -0.3 is 20.3 Å². The van der Waals surface area contributed by atoms with E-state index in [-0.39, 0.29) is 5.91 Å². The topological polar surface area (TPSA) is 79.4 Å². The van der Waals surface area contributed by atoms with Gasteiger partial charge in [0.2, 0.25) is 5.91 Å². The number of amides is 1. The summed E-state index contributed by atoms with van der Waals surface area (Å²) in [4.78, 5) is 14.3. The molecular formula is C20H27N5O2. The molecule has 0 saturated carbocycles. The van der Waals surface area contributed by atoms with Crippen LogP contribution in [-0.4, -0.2) is 49.4 Å². The molecule has 0 aliphatic carbocycles. The molecule has 1 amide bonds. The van der Waals surface area contributed by atoms with Gasteiger partial charge in [0, 0.05) is 38.7 Å². The summed E-state index contributed by atoms with van der Waals surface area (Å²) in [6.45, 7) is 3.33. The predicted octanol–water partition coefficient (Wildman–Crippen LogP) is 2.25. The van der Waals surface area contributed by atoms with Crippen LogP contribution in [0.1, 0.15) is 24.8 Å². The molecule has 1 aliphatic rings. The van der Waals surface area contributed by atoms with Gasteiger partial charge in [0.25, 0.3) is 0 Å². The number of anilines is 2. The summed E-state index contributed by atoms with van der Waals surface area (Å²) >= 11 is 0. The van der Waals surface area contributed by atoms with Gasteiger partial charge in [-0.15, -0.1) is 5.10 Å². The molecule has 0 spiro atoms. The lowest BCUT2D eigenvalue weighted by Gasteiger charge is -2.17. The highest BCUT2D eigenvalue weighted by molar-refractivity contribution is 5.76. The second kappa shape index (κ2) is 9.75. The van der Waals surface area contributed by atoms with Crippen molar-refractivity contribution in [2.75, 3.05) is 43.5 Å². The monoisotopic (exact) mass is 369 g/mol. The Morgan fingerprint density at radius 3 is 2.70 bits per heavy atom. The lowest BCUT2D eigenvalue weighted by Crippen LogP contribution is -2.29. The molecule has 1 aromatic heterocycles. The van der Waals surface area contributed by atoms with E-state index < -0.39 is 0 Å². The Balaban J connectivity index is 1.34. The summed E-state index contributed by atoms with van der Waals surface area (Å²) in [6.07, 6.45) is 5.45. The Bertz CT molecular complexity index is 729. The number of benzene rings is 1. The summed E-state index contributed by atoms with van der Waals surface area (Å²) < 4.78 is 5.13. The Morgan fingerprint density at radius 2 is 1.96 bits per heavy atom. The summed E-state index contributed by atoms with van der Waals surface area (Å²) in [5.74, 6) is 1.61. The summed E-state index contributed by atoms with van der Waals surface area (Å²) in [7, 11) is 1.64. The Kier molecular flexibility index (Phi) is 6.84. The van der Waals surface area contributed by atoms with Gasteiger partial charge in [-0.25, -0.2) is 0 Å². The quantitative estimate of drug-likeness (QED) is 0.660. The van der Waals surface area contributed by atoms with Gasteiger partial charge in [0.1, 0.15) is 5.75 Å². The van der Waals surface area contributed by atoms with Crippen molar-refractivity contribution in [3.63, 3.8) is 0 Å². The van der Waals surface area contributed by atoms with Crippen molar-refractivity contribution < 1.29 is 9.53 Å². The molecule has 2 aromatic rings. The maximum atomic E-state index is 12.0. The second-order valence-electron chi connectivity index (χ2n) is 6.62. The van der Waals surface area contributed by atoms with E-state index in [0.717, 1.165) is 35.9 Å². The fourth-order valence-corrected chi connectivity index (χ4v) is 3.12. The highest BCUT2D eigenvalue weighted by atomic mass is 16.5. The number of hydrogen-bond donors (Lipinski definition) is 2. The fourth-order valence-electron chi connectivity index (χ4n) is 3.12. The molecular weight excluding hydrogens is 342 g/mol. The Hall–Kier alpha value is -2.83. The molecule has 0 radical (unpaired) electrons. The van der Waals surface area contributed by atoms with Gasteiger partial charge in [-0.1, -0.05) is 12.1 Å². The lowest BCUT2D eigenvalue weighted by molar-refractivity contribution is -0.120. The number of methoxy groups -OCH3 is 1. The summed E-state index contributed by atoms with van der Waals surface area (Å²) in [5, 5.41) is 14.3. The number of aryl methyl sites for hydroxylation is 1. The first-order chi connectivity index (χ1) is 13.2. The average Bonchev–Trinajstić information content (AvgIpc) is 3.25. The third-order valence-electron chi connectivity index (χ3n) is 4.66. The van der Waals surface area contributed by atoms with E-state index >= 15 is 0 Å². The van der Waals surface area contributed by atoms with Crippen molar-refractivity contribution in [1.29, 1.82) is 0 Å². The second-order valence-corrected chi connectivity index (χ2v) is 6.62. The standard InChI is InChI=1S/C20H27N5O2/c1-27-18-7-4-16(5-8-18)6-9-20(26)22-11-10-21-19-14-17(15-23-24-19)25-12-2-3-13-25/h4-5,7-8,14-15H,2-3,6,9-13H2,1H3,(H,21,24)(H,22,26). The predicted molar refractivity (Wildman–Crippen MR) is 106 cm³/mol. The smallest absolute Gasteiger partial charge is 0.220 e. The zero-order valence-corrected chi connectivity index (χ0v) is 15.8. The minimum Gasteiger partial charge on any atom is -0.497 e. The van der Waals surface area contributed by atoms with Crippen LogP contribution in [0.5, 0.6) is 5.75 Å². The first-order valence-electron chi connectivity index (χ1n) is 9.46. The molecule has 144 valence electrons. The van der Waals surface area contributed by atoms with Crippen LogP contribution in [0.25, 0.3) is 0 Å². The number of carbonyl (C=O) groups is 1. The minimum atomic E-state index is 0.0459. The molecule has 3 rings (SSSR count). The van der Waals surface area contributed by atoms with Crippen molar-refractivity contribution in [1.82, 2.24) is 15.5 Å². The normalized spacial score (nSPS) is 13.4. The fraction of sp³-hybridized carbons (Fsp3) is 0.450. The van der Waals surface area contributed by atoms with E-state index in [9.17, 15) is 4.79 Å². The van der Waals surface area contributed by atoms with E-state index in [2.05, 4.69) is 25.7 Å². The molecule has 1 saturated heterocycles. The van der Waals surface area contributed by atoms with Crippen LogP contribution < -0.4 is 20.3 Å². The molecule has 1 fully saturated rings. The molecule has 27 heavy (non-hydrogen) atoms. The number of ether oxygens (including phenoxy) is 1. The average molecular weight is 369 g/mol. The van der Waals surface area contributed by atoms with Crippen molar-refractivity contribution >= 4 is 17.4 Å². The molecule has 1 aromatic carbocycles. The SMILES string of the molecule is COc1ccc(CCC(=O)NCCNc2cc(N3CCCC3)cnn2)cc1. The minimum absolute atomic E-state index is 0.0459. The van der Waals surface area contributed by atoms with Crippen LogP contribution in [0.2, 0.25) is 0 Å². The Morgan fingerprint density at radius 1 is 1.19 bits per heavy atom. The van der Waals surface area contributed by atoms with Crippen LogP contribution in [0.4, 0.5) is 11.5 Å². The van der Waals surface area contributed by atoms with Crippen LogP contribution in [0.15, 0.2) is 36.5 Å². The van der Waals surface area contributed by atoms with Crippen LogP contribution >= 0.6 is 0 Å². The summed E-state index contributed by atoms with van der Waals surface area (Å²) in [5.41, 5.74) is 2.23. The zero-order valence-electron chi connectivity index (χ0n) is 15.8. The van der Waals surface area contributed by atoms with Gasteiger partial charge in [0.15, 0.2) is 5.82 Å². The molecule has 7 nitrogen and oxygen atoms in total. The highest BCUT2D eigenvalue weighted by Gasteiger charge is 2.13. The maximum absolute atomic E-state index is 12.0. The first kappa shape index (κ1) is 18.9. The molecule has 0 atom stereocenters. The number of hydrogen-bond acceptors (Lipinski definition) is 6. The van der Waals surface area contributed by atoms with E-state index in [4.69, 9.17) is 4.74 Å².